The summed E-state index contributed by atoms with van der Waals surface area (Å²) in [6, 6.07) is 12.9. The van der Waals surface area contributed by atoms with Crippen molar-refractivity contribution in [1.82, 2.24) is 10.6 Å². The molecule has 0 spiro atoms. The first kappa shape index (κ1) is 19.8. The average Bonchev–Trinajstić information content (AvgIpc) is 2.63. The number of thiocarbonyl (C=S) groups is 1. The zero-order valence-electron chi connectivity index (χ0n) is 15.0. The van der Waals surface area contributed by atoms with Crippen molar-refractivity contribution in [3.8, 4) is 5.75 Å². The second-order valence-electron chi connectivity index (χ2n) is 6.35. The molecule has 1 fully saturated rings. The van der Waals surface area contributed by atoms with Crippen LogP contribution in [0.4, 0.5) is 14.5 Å². The summed E-state index contributed by atoms with van der Waals surface area (Å²) in [6.07, 6.45) is 0. The van der Waals surface area contributed by atoms with Crippen LogP contribution in [0, 0.1) is 12.8 Å². The fourth-order valence-electron chi connectivity index (χ4n) is 3.05. The summed E-state index contributed by atoms with van der Waals surface area (Å²) in [5.74, 6) is -1.19. The molecule has 0 saturated carbocycles. The van der Waals surface area contributed by atoms with Crippen LogP contribution >= 0.6 is 12.2 Å². The van der Waals surface area contributed by atoms with Gasteiger partial charge < -0.3 is 20.7 Å². The molecule has 146 valence electrons. The van der Waals surface area contributed by atoms with Crippen molar-refractivity contribution in [3.63, 3.8) is 0 Å². The van der Waals surface area contributed by atoms with Crippen LogP contribution in [-0.2, 0) is 4.79 Å². The summed E-state index contributed by atoms with van der Waals surface area (Å²) < 4.78 is 30.3. The van der Waals surface area contributed by atoms with E-state index in [-0.39, 0.29) is 16.8 Å². The molecular formula is C20H19F2N3O2S. The maximum Gasteiger partial charge on any atom is 0.387 e. The van der Waals surface area contributed by atoms with Gasteiger partial charge in [-0.15, -0.1) is 0 Å². The molecular weight excluding hydrogens is 384 g/mol. The Morgan fingerprint density at radius 3 is 2.57 bits per heavy atom. The second-order valence-corrected chi connectivity index (χ2v) is 6.76. The summed E-state index contributed by atoms with van der Waals surface area (Å²) in [4.78, 5) is 13.0. The molecule has 2 aromatic rings. The first-order chi connectivity index (χ1) is 13.3. The maximum atomic E-state index is 13.0. The number of rotatable bonds is 5. The highest BCUT2D eigenvalue weighted by atomic mass is 32.1. The highest BCUT2D eigenvalue weighted by Crippen LogP contribution is 2.36. The molecule has 1 saturated heterocycles. The first-order valence-corrected chi connectivity index (χ1v) is 8.93. The second kappa shape index (κ2) is 8.35. The molecule has 1 aliphatic rings. The number of hydrogen-bond acceptors (Lipinski definition) is 3. The summed E-state index contributed by atoms with van der Waals surface area (Å²) >= 11 is 5.17. The third-order valence-electron chi connectivity index (χ3n) is 4.34. The van der Waals surface area contributed by atoms with Gasteiger partial charge in [0.25, 0.3) is 0 Å². The van der Waals surface area contributed by atoms with E-state index in [9.17, 15) is 13.6 Å². The molecule has 0 bridgehead atoms. The molecule has 0 unspecified atom stereocenters. The standard InChI is InChI=1S/C20H19F2N3O2S/c1-11-7-9-13(10-8-11)24-18(26)16-12(2)23-20(28)25-17(16)14-5-3-4-6-15(14)27-19(21)22/h3-10,16-17,19H,2H2,1H3,(H,24,26)(H2,23,25,28)/t16-,17+/m0/s1. The van der Waals surface area contributed by atoms with Gasteiger partial charge in [0.15, 0.2) is 5.11 Å². The normalized spacial score (nSPS) is 19.0. The summed E-state index contributed by atoms with van der Waals surface area (Å²) in [5.41, 5.74) is 2.43. The van der Waals surface area contributed by atoms with Gasteiger partial charge in [-0.05, 0) is 37.3 Å². The lowest BCUT2D eigenvalue weighted by Gasteiger charge is -2.36. The SMILES string of the molecule is C=C1NC(=S)N[C@H](c2ccccc2OC(F)F)[C@H]1C(=O)Nc1ccc(C)cc1. The van der Waals surface area contributed by atoms with Crippen LogP contribution in [-0.4, -0.2) is 17.6 Å². The predicted molar refractivity (Wildman–Crippen MR) is 107 cm³/mol. The highest BCUT2D eigenvalue weighted by molar-refractivity contribution is 7.80. The fourth-order valence-corrected chi connectivity index (χ4v) is 3.31. The van der Waals surface area contributed by atoms with Crippen LogP contribution in [0.3, 0.4) is 0 Å². The number of carbonyl (C=O) groups excluding carboxylic acids is 1. The minimum atomic E-state index is -2.99. The number of ether oxygens (including phenoxy) is 1. The number of anilines is 1. The highest BCUT2D eigenvalue weighted by Gasteiger charge is 2.38. The Kier molecular flexibility index (Phi) is 5.89. The van der Waals surface area contributed by atoms with Gasteiger partial charge in [-0.3, -0.25) is 4.79 Å². The molecule has 1 heterocycles. The molecule has 3 rings (SSSR count). The molecule has 3 N–H and O–H groups in total. The molecule has 0 aromatic heterocycles. The minimum Gasteiger partial charge on any atom is -0.434 e. The first-order valence-electron chi connectivity index (χ1n) is 8.52. The van der Waals surface area contributed by atoms with E-state index in [0.29, 0.717) is 16.9 Å². The van der Waals surface area contributed by atoms with Gasteiger partial charge in [0.1, 0.15) is 11.7 Å². The number of alkyl halides is 2. The van der Waals surface area contributed by atoms with Gasteiger partial charge in [-0.1, -0.05) is 42.5 Å². The van der Waals surface area contributed by atoms with Crippen LogP contribution in [0.25, 0.3) is 0 Å². The zero-order valence-corrected chi connectivity index (χ0v) is 15.9. The van der Waals surface area contributed by atoms with Crippen molar-refractivity contribution in [2.75, 3.05) is 5.32 Å². The number of aryl methyl sites for hydroxylation is 1. The Labute approximate surface area is 166 Å². The Balaban J connectivity index is 1.93. The maximum absolute atomic E-state index is 13.0. The monoisotopic (exact) mass is 403 g/mol. The van der Waals surface area contributed by atoms with Crippen molar-refractivity contribution in [2.24, 2.45) is 5.92 Å². The van der Waals surface area contributed by atoms with Gasteiger partial charge in [-0.2, -0.15) is 8.78 Å². The van der Waals surface area contributed by atoms with E-state index in [2.05, 4.69) is 27.3 Å². The lowest BCUT2D eigenvalue weighted by Crippen LogP contribution is -2.51. The molecule has 2 atom stereocenters. The zero-order chi connectivity index (χ0) is 20.3. The van der Waals surface area contributed by atoms with Crippen molar-refractivity contribution in [2.45, 2.75) is 19.6 Å². The Morgan fingerprint density at radius 1 is 1.21 bits per heavy atom. The van der Waals surface area contributed by atoms with Crippen LogP contribution in [0.15, 0.2) is 60.8 Å². The van der Waals surface area contributed by atoms with Gasteiger partial charge in [0.05, 0.1) is 6.04 Å². The summed E-state index contributed by atoms with van der Waals surface area (Å²) in [7, 11) is 0. The van der Waals surface area contributed by atoms with Gasteiger partial charge in [-0.25, -0.2) is 0 Å². The van der Waals surface area contributed by atoms with E-state index in [4.69, 9.17) is 12.2 Å². The van der Waals surface area contributed by atoms with Crippen molar-refractivity contribution in [3.05, 3.63) is 71.9 Å². The number of amides is 1. The van der Waals surface area contributed by atoms with Crippen LogP contribution in [0.1, 0.15) is 17.2 Å². The molecule has 8 heteroatoms. The van der Waals surface area contributed by atoms with Crippen LogP contribution in [0.2, 0.25) is 0 Å². The summed E-state index contributed by atoms with van der Waals surface area (Å²) in [6.45, 7) is 2.86. The molecule has 1 amide bonds. The van der Waals surface area contributed by atoms with Gasteiger partial charge >= 0.3 is 6.61 Å². The quantitative estimate of drug-likeness (QED) is 0.662. The van der Waals surface area contributed by atoms with Crippen molar-refractivity contribution in [1.29, 1.82) is 0 Å². The number of hydrogen-bond donors (Lipinski definition) is 3. The molecule has 5 nitrogen and oxygen atoms in total. The van der Waals surface area contributed by atoms with Gasteiger partial charge in [0.2, 0.25) is 5.91 Å². The third kappa shape index (κ3) is 4.45. The molecule has 2 aromatic carbocycles. The number of benzene rings is 2. The van der Waals surface area contributed by atoms with Crippen molar-refractivity contribution < 1.29 is 18.3 Å². The molecule has 28 heavy (non-hydrogen) atoms. The minimum absolute atomic E-state index is 0.0272. The van der Waals surface area contributed by atoms with Crippen LogP contribution < -0.4 is 20.7 Å². The van der Waals surface area contributed by atoms with E-state index in [1.54, 1.807) is 30.3 Å². The number of para-hydroxylation sites is 1. The number of nitrogens with one attached hydrogen (secondary N) is 3. The lowest BCUT2D eigenvalue weighted by atomic mass is 9.87. The Hall–Kier alpha value is -3.00. The largest absolute Gasteiger partial charge is 0.434 e. The van der Waals surface area contributed by atoms with E-state index < -0.39 is 18.6 Å². The van der Waals surface area contributed by atoms with E-state index >= 15 is 0 Å². The average molecular weight is 403 g/mol. The Morgan fingerprint density at radius 2 is 1.89 bits per heavy atom. The van der Waals surface area contributed by atoms with E-state index in [1.165, 1.54) is 6.07 Å². The lowest BCUT2D eigenvalue weighted by molar-refractivity contribution is -0.119. The topological polar surface area (TPSA) is 62.4 Å². The number of carbonyl (C=O) groups is 1. The van der Waals surface area contributed by atoms with Crippen molar-refractivity contribution >= 4 is 28.9 Å². The van der Waals surface area contributed by atoms with Gasteiger partial charge in [0, 0.05) is 16.9 Å². The molecule has 0 radical (unpaired) electrons. The smallest absolute Gasteiger partial charge is 0.387 e. The number of halogens is 2. The molecule has 0 aliphatic carbocycles. The van der Waals surface area contributed by atoms with E-state index in [1.807, 2.05) is 19.1 Å². The predicted octanol–water partition coefficient (Wildman–Crippen LogP) is 3.88. The van der Waals surface area contributed by atoms with Crippen LogP contribution in [0.5, 0.6) is 5.75 Å². The Bertz CT molecular complexity index is 903. The van der Waals surface area contributed by atoms with E-state index in [0.717, 1.165) is 5.56 Å². The molecule has 1 aliphatic heterocycles. The summed E-state index contributed by atoms with van der Waals surface area (Å²) in [5, 5.41) is 8.90. The fraction of sp³-hybridized carbons (Fsp3) is 0.200. The third-order valence-corrected chi connectivity index (χ3v) is 4.56.